The van der Waals surface area contributed by atoms with Crippen molar-refractivity contribution >= 4 is 32.8 Å². The van der Waals surface area contributed by atoms with E-state index in [1.807, 2.05) is 35.9 Å². The number of hydrogen-bond acceptors (Lipinski definition) is 1. The Bertz CT molecular complexity index is 531. The molecule has 0 atom stereocenters. The Kier molecular flexibility index (Phi) is 2.52. The number of benzene rings is 1. The standard InChI is InChI=1S/C11H10BrNO2/c1-13-9(6-11(14)15)4-7-2-3-8(12)5-10(7)13/h2-5H,6H2,1H3,(H,14,15). The van der Waals surface area contributed by atoms with E-state index >= 15 is 0 Å². The van der Waals surface area contributed by atoms with Crippen molar-refractivity contribution < 1.29 is 9.90 Å². The molecule has 2 rings (SSSR count). The number of rotatable bonds is 2. The summed E-state index contributed by atoms with van der Waals surface area (Å²) in [5.74, 6) is -0.806. The molecule has 0 radical (unpaired) electrons. The molecule has 0 aliphatic heterocycles. The molecule has 78 valence electrons. The third-order valence-corrected chi connectivity index (χ3v) is 2.93. The lowest BCUT2D eigenvalue weighted by Gasteiger charge is -2.01. The number of aryl methyl sites for hydroxylation is 1. The topological polar surface area (TPSA) is 42.2 Å². The predicted octanol–water partition coefficient (Wildman–Crippen LogP) is 2.57. The number of nitrogens with zero attached hydrogens (tertiary/aromatic N) is 1. The minimum Gasteiger partial charge on any atom is -0.481 e. The van der Waals surface area contributed by atoms with Gasteiger partial charge in [0.05, 0.1) is 6.42 Å². The fourth-order valence-electron chi connectivity index (χ4n) is 1.68. The van der Waals surface area contributed by atoms with Crippen LogP contribution in [0.4, 0.5) is 0 Å². The molecule has 15 heavy (non-hydrogen) atoms. The van der Waals surface area contributed by atoms with E-state index in [1.54, 1.807) is 0 Å². The van der Waals surface area contributed by atoms with Crippen LogP contribution in [0.15, 0.2) is 28.7 Å². The molecule has 1 N–H and O–H groups in total. The summed E-state index contributed by atoms with van der Waals surface area (Å²) in [5.41, 5.74) is 1.86. The van der Waals surface area contributed by atoms with E-state index in [0.717, 1.165) is 21.1 Å². The second-order valence-electron chi connectivity index (χ2n) is 3.47. The highest BCUT2D eigenvalue weighted by Crippen LogP contribution is 2.23. The Hall–Kier alpha value is -1.29. The van der Waals surface area contributed by atoms with Crippen LogP contribution in [0.25, 0.3) is 10.9 Å². The van der Waals surface area contributed by atoms with E-state index < -0.39 is 5.97 Å². The van der Waals surface area contributed by atoms with Gasteiger partial charge >= 0.3 is 5.97 Å². The highest BCUT2D eigenvalue weighted by molar-refractivity contribution is 9.10. The zero-order valence-corrected chi connectivity index (χ0v) is 9.78. The average Bonchev–Trinajstić information content (AvgIpc) is 2.44. The summed E-state index contributed by atoms with van der Waals surface area (Å²) in [4.78, 5) is 10.6. The Balaban J connectivity index is 2.59. The van der Waals surface area contributed by atoms with Crippen LogP contribution in [-0.2, 0) is 18.3 Å². The molecule has 0 saturated carbocycles. The molecule has 0 spiro atoms. The van der Waals surface area contributed by atoms with E-state index in [1.165, 1.54) is 0 Å². The molecule has 0 bridgehead atoms. The molecule has 1 aromatic heterocycles. The fraction of sp³-hybridized carbons (Fsp3) is 0.182. The monoisotopic (exact) mass is 267 g/mol. The smallest absolute Gasteiger partial charge is 0.309 e. The van der Waals surface area contributed by atoms with Crippen molar-refractivity contribution in [2.24, 2.45) is 7.05 Å². The van der Waals surface area contributed by atoms with Crippen molar-refractivity contribution in [2.45, 2.75) is 6.42 Å². The normalized spacial score (nSPS) is 10.8. The highest BCUT2D eigenvalue weighted by atomic mass is 79.9. The van der Waals surface area contributed by atoms with Gasteiger partial charge < -0.3 is 9.67 Å². The summed E-state index contributed by atoms with van der Waals surface area (Å²) in [6, 6.07) is 7.83. The first kappa shape index (κ1) is 10.2. The van der Waals surface area contributed by atoms with Crippen LogP contribution in [0, 0.1) is 0 Å². The lowest BCUT2D eigenvalue weighted by Crippen LogP contribution is -2.04. The Morgan fingerprint density at radius 1 is 1.47 bits per heavy atom. The highest BCUT2D eigenvalue weighted by Gasteiger charge is 2.08. The minimum absolute atomic E-state index is 0.0583. The first-order valence-corrected chi connectivity index (χ1v) is 5.33. The number of carbonyl (C=O) groups is 1. The number of aliphatic carboxylic acids is 1. The van der Waals surface area contributed by atoms with Gasteiger partial charge in [0.15, 0.2) is 0 Å². The van der Waals surface area contributed by atoms with Crippen molar-refractivity contribution in [3.05, 3.63) is 34.4 Å². The van der Waals surface area contributed by atoms with Gasteiger partial charge in [-0.25, -0.2) is 0 Å². The molecule has 2 aromatic rings. The molecular formula is C11H10BrNO2. The number of fused-ring (bicyclic) bond motifs is 1. The van der Waals surface area contributed by atoms with Gasteiger partial charge in [0.1, 0.15) is 0 Å². The first-order chi connectivity index (χ1) is 7.08. The van der Waals surface area contributed by atoms with E-state index in [0.29, 0.717) is 0 Å². The van der Waals surface area contributed by atoms with E-state index in [9.17, 15) is 4.79 Å². The number of aromatic nitrogens is 1. The van der Waals surface area contributed by atoms with Gasteiger partial charge in [-0.3, -0.25) is 4.79 Å². The van der Waals surface area contributed by atoms with Gasteiger partial charge in [-0.2, -0.15) is 0 Å². The Morgan fingerprint density at radius 2 is 2.20 bits per heavy atom. The van der Waals surface area contributed by atoms with Gasteiger partial charge in [0, 0.05) is 22.7 Å². The zero-order valence-electron chi connectivity index (χ0n) is 8.20. The quantitative estimate of drug-likeness (QED) is 0.909. The number of halogens is 1. The SMILES string of the molecule is Cn1c(CC(=O)O)cc2ccc(Br)cc21. The summed E-state index contributed by atoms with van der Waals surface area (Å²) >= 11 is 3.40. The molecule has 4 heteroatoms. The zero-order chi connectivity index (χ0) is 11.0. The van der Waals surface area contributed by atoms with Crippen molar-refractivity contribution in [3.63, 3.8) is 0 Å². The molecule has 0 amide bonds. The van der Waals surface area contributed by atoms with Gasteiger partial charge in [0.2, 0.25) is 0 Å². The summed E-state index contributed by atoms with van der Waals surface area (Å²) in [5, 5.41) is 9.82. The van der Waals surface area contributed by atoms with Crippen LogP contribution in [0.2, 0.25) is 0 Å². The summed E-state index contributed by atoms with van der Waals surface area (Å²) < 4.78 is 2.91. The predicted molar refractivity (Wildman–Crippen MR) is 62.0 cm³/mol. The van der Waals surface area contributed by atoms with Gasteiger partial charge in [-0.05, 0) is 23.6 Å². The second kappa shape index (κ2) is 3.70. The Labute approximate surface area is 95.5 Å². The molecule has 0 aliphatic carbocycles. The van der Waals surface area contributed by atoms with Crippen LogP contribution in [0.5, 0.6) is 0 Å². The van der Waals surface area contributed by atoms with E-state index in [2.05, 4.69) is 15.9 Å². The number of hydrogen-bond donors (Lipinski definition) is 1. The number of carboxylic acids is 1. The fourth-order valence-corrected chi connectivity index (χ4v) is 2.03. The Morgan fingerprint density at radius 3 is 2.87 bits per heavy atom. The lowest BCUT2D eigenvalue weighted by molar-refractivity contribution is -0.136. The molecule has 1 aromatic carbocycles. The van der Waals surface area contributed by atoms with Gasteiger partial charge in [-0.1, -0.05) is 22.0 Å². The maximum absolute atomic E-state index is 10.6. The third-order valence-electron chi connectivity index (χ3n) is 2.44. The molecule has 3 nitrogen and oxygen atoms in total. The van der Waals surface area contributed by atoms with Crippen molar-refractivity contribution in [3.8, 4) is 0 Å². The van der Waals surface area contributed by atoms with E-state index in [4.69, 9.17) is 5.11 Å². The largest absolute Gasteiger partial charge is 0.481 e. The molecule has 0 aliphatic rings. The summed E-state index contributed by atoms with van der Waals surface area (Å²) in [7, 11) is 1.88. The van der Waals surface area contributed by atoms with Crippen LogP contribution >= 0.6 is 15.9 Å². The van der Waals surface area contributed by atoms with Crippen LogP contribution in [-0.4, -0.2) is 15.6 Å². The van der Waals surface area contributed by atoms with Gasteiger partial charge in [0.25, 0.3) is 0 Å². The minimum atomic E-state index is -0.806. The molecular weight excluding hydrogens is 258 g/mol. The van der Waals surface area contributed by atoms with Crippen molar-refractivity contribution in [1.29, 1.82) is 0 Å². The average molecular weight is 268 g/mol. The summed E-state index contributed by atoms with van der Waals surface area (Å²) in [6.45, 7) is 0. The van der Waals surface area contributed by atoms with Crippen molar-refractivity contribution in [2.75, 3.05) is 0 Å². The third kappa shape index (κ3) is 1.90. The lowest BCUT2D eigenvalue weighted by atomic mass is 10.2. The molecule has 1 heterocycles. The van der Waals surface area contributed by atoms with Crippen LogP contribution < -0.4 is 0 Å². The number of carboxylic acid groups (broad SMARTS) is 1. The van der Waals surface area contributed by atoms with Crippen LogP contribution in [0.1, 0.15) is 5.69 Å². The second-order valence-corrected chi connectivity index (χ2v) is 4.38. The first-order valence-electron chi connectivity index (χ1n) is 4.53. The molecule has 0 fully saturated rings. The maximum Gasteiger partial charge on any atom is 0.309 e. The van der Waals surface area contributed by atoms with E-state index in [-0.39, 0.29) is 6.42 Å². The van der Waals surface area contributed by atoms with Crippen LogP contribution in [0.3, 0.4) is 0 Å². The molecule has 0 saturated heterocycles. The maximum atomic E-state index is 10.6. The van der Waals surface area contributed by atoms with Gasteiger partial charge in [-0.15, -0.1) is 0 Å². The van der Waals surface area contributed by atoms with Crippen molar-refractivity contribution in [1.82, 2.24) is 4.57 Å². The molecule has 0 unspecified atom stereocenters. The summed E-state index contributed by atoms with van der Waals surface area (Å²) in [6.07, 6.45) is 0.0583.